The molecule has 1 aromatic carbocycles. The Balaban J connectivity index is 2.93. The fourth-order valence-electron chi connectivity index (χ4n) is 1.09. The van der Waals surface area contributed by atoms with Gasteiger partial charge in [0, 0.05) is 11.6 Å². The molecule has 1 aromatic rings. The van der Waals surface area contributed by atoms with E-state index in [4.69, 9.17) is 9.84 Å². The van der Waals surface area contributed by atoms with E-state index in [-0.39, 0.29) is 17.9 Å². The van der Waals surface area contributed by atoms with Crippen LogP contribution in [0.3, 0.4) is 0 Å². The largest absolute Gasteiger partial charge is 0.490 e. The molecule has 5 heteroatoms. The number of hydrogen-bond acceptors (Lipinski definition) is 2. The van der Waals surface area contributed by atoms with Crippen LogP contribution in [0.15, 0.2) is 24.3 Å². The van der Waals surface area contributed by atoms with Gasteiger partial charge in [0.05, 0.1) is 0 Å². The maximum Gasteiger partial charge on any atom is 0.328 e. The number of hydrogen-bond donors (Lipinski definition) is 1. The molecule has 0 amide bonds. The number of carbonyl (C=O) groups is 1. The van der Waals surface area contributed by atoms with E-state index in [0.717, 1.165) is 18.2 Å². The summed E-state index contributed by atoms with van der Waals surface area (Å²) in [6.45, 7) is -0.820. The Labute approximate surface area is 91.0 Å². The van der Waals surface area contributed by atoms with Crippen LogP contribution in [0.5, 0.6) is 5.75 Å². The van der Waals surface area contributed by atoms with Gasteiger partial charge in [-0.05, 0) is 24.3 Å². The summed E-state index contributed by atoms with van der Waals surface area (Å²) in [6, 6.07) is 3.60. The van der Waals surface area contributed by atoms with Gasteiger partial charge in [-0.2, -0.15) is 0 Å². The summed E-state index contributed by atoms with van der Waals surface area (Å²) in [5.41, 5.74) is 0.260. The molecule has 0 aromatic heterocycles. The molecule has 0 radical (unpaired) electrons. The molecule has 0 spiro atoms. The van der Waals surface area contributed by atoms with Gasteiger partial charge in [-0.3, -0.25) is 0 Å². The summed E-state index contributed by atoms with van der Waals surface area (Å²) in [4.78, 5) is 10.3. The highest BCUT2D eigenvalue weighted by atomic mass is 19.1. The number of carboxylic acids is 1. The third-order valence-electron chi connectivity index (χ3n) is 1.71. The van der Waals surface area contributed by atoms with Crippen LogP contribution in [0.1, 0.15) is 5.56 Å². The highest BCUT2D eigenvalue weighted by Crippen LogP contribution is 2.21. The fourth-order valence-corrected chi connectivity index (χ4v) is 1.09. The SMILES string of the molecule is O=C(O)/C=C/c1cc(F)ccc1OCCF. The number of alkyl halides is 1. The Morgan fingerprint density at radius 2 is 2.25 bits per heavy atom. The monoisotopic (exact) mass is 228 g/mol. The first-order chi connectivity index (χ1) is 7.63. The van der Waals surface area contributed by atoms with Crippen molar-refractivity contribution in [3.63, 3.8) is 0 Å². The van der Waals surface area contributed by atoms with Crippen molar-refractivity contribution >= 4 is 12.0 Å². The predicted molar refractivity (Wildman–Crippen MR) is 54.5 cm³/mol. The maximum absolute atomic E-state index is 12.9. The Kier molecular flexibility index (Phi) is 4.44. The Hall–Kier alpha value is -1.91. The maximum atomic E-state index is 12.9. The lowest BCUT2D eigenvalue weighted by Gasteiger charge is -2.07. The van der Waals surface area contributed by atoms with Crippen LogP contribution in [0, 0.1) is 5.82 Å². The molecule has 0 fully saturated rings. The van der Waals surface area contributed by atoms with Crippen molar-refractivity contribution in [2.75, 3.05) is 13.3 Å². The smallest absolute Gasteiger partial charge is 0.328 e. The summed E-state index contributed by atoms with van der Waals surface area (Å²) < 4.78 is 29.8. The molecule has 0 aliphatic rings. The van der Waals surface area contributed by atoms with Crippen LogP contribution in [0.25, 0.3) is 6.08 Å². The minimum absolute atomic E-state index is 0.153. The van der Waals surface area contributed by atoms with E-state index in [9.17, 15) is 13.6 Å². The molecular weight excluding hydrogens is 218 g/mol. The van der Waals surface area contributed by atoms with Gasteiger partial charge >= 0.3 is 5.97 Å². The summed E-state index contributed by atoms with van der Waals surface area (Å²) in [6.07, 6.45) is 2.05. The molecule has 1 rings (SSSR count). The van der Waals surface area contributed by atoms with Crippen molar-refractivity contribution in [1.29, 1.82) is 0 Å². The second-order valence-electron chi connectivity index (χ2n) is 2.89. The molecular formula is C11H10F2O3. The van der Waals surface area contributed by atoms with Crippen LogP contribution >= 0.6 is 0 Å². The Morgan fingerprint density at radius 3 is 2.88 bits per heavy atom. The Morgan fingerprint density at radius 1 is 1.50 bits per heavy atom. The first-order valence-corrected chi connectivity index (χ1v) is 4.53. The van der Waals surface area contributed by atoms with Crippen LogP contribution in [-0.4, -0.2) is 24.4 Å². The molecule has 0 aliphatic carbocycles. The van der Waals surface area contributed by atoms with Gasteiger partial charge in [-0.15, -0.1) is 0 Å². The van der Waals surface area contributed by atoms with Gasteiger partial charge in [0.15, 0.2) is 0 Å². The lowest BCUT2D eigenvalue weighted by atomic mass is 10.2. The molecule has 0 saturated carbocycles. The van der Waals surface area contributed by atoms with E-state index in [2.05, 4.69) is 0 Å². The van der Waals surface area contributed by atoms with E-state index in [1.165, 1.54) is 12.1 Å². The third-order valence-corrected chi connectivity index (χ3v) is 1.71. The second kappa shape index (κ2) is 5.85. The van der Waals surface area contributed by atoms with E-state index >= 15 is 0 Å². The van der Waals surface area contributed by atoms with Crippen molar-refractivity contribution < 1.29 is 23.4 Å². The standard InChI is InChI=1S/C11H10F2O3/c12-5-6-16-10-3-2-9(13)7-8(10)1-4-11(14)15/h1-4,7H,5-6H2,(H,14,15)/b4-1+. The zero-order chi connectivity index (χ0) is 12.0. The van der Waals surface area contributed by atoms with Crippen LogP contribution in [-0.2, 0) is 4.79 Å². The summed E-state index contributed by atoms with van der Waals surface area (Å²) in [5.74, 6) is -1.42. The minimum atomic E-state index is -1.15. The number of carboxylic acid groups (broad SMARTS) is 1. The number of rotatable bonds is 5. The molecule has 0 unspecified atom stereocenters. The van der Waals surface area contributed by atoms with Crippen molar-refractivity contribution in [3.05, 3.63) is 35.7 Å². The van der Waals surface area contributed by atoms with Crippen molar-refractivity contribution in [2.24, 2.45) is 0 Å². The first kappa shape index (κ1) is 12.2. The molecule has 0 heterocycles. The van der Waals surface area contributed by atoms with Crippen LogP contribution in [0.2, 0.25) is 0 Å². The fraction of sp³-hybridized carbons (Fsp3) is 0.182. The molecule has 3 nitrogen and oxygen atoms in total. The van der Waals surface area contributed by atoms with E-state index < -0.39 is 18.5 Å². The van der Waals surface area contributed by atoms with Crippen LogP contribution in [0.4, 0.5) is 8.78 Å². The van der Waals surface area contributed by atoms with Gasteiger partial charge in [-0.25, -0.2) is 13.6 Å². The van der Waals surface area contributed by atoms with E-state index in [0.29, 0.717) is 0 Å². The lowest BCUT2D eigenvalue weighted by molar-refractivity contribution is -0.131. The quantitative estimate of drug-likeness (QED) is 0.786. The van der Waals surface area contributed by atoms with E-state index in [1.807, 2.05) is 0 Å². The summed E-state index contributed by atoms with van der Waals surface area (Å²) >= 11 is 0. The molecule has 0 aliphatic heterocycles. The average molecular weight is 228 g/mol. The van der Waals surface area contributed by atoms with Crippen molar-refractivity contribution in [1.82, 2.24) is 0 Å². The summed E-state index contributed by atoms with van der Waals surface area (Å²) in [7, 11) is 0. The predicted octanol–water partition coefficient (Wildman–Crippen LogP) is 2.27. The molecule has 0 bridgehead atoms. The molecule has 0 atom stereocenters. The highest BCUT2D eigenvalue weighted by Gasteiger charge is 2.03. The van der Waals surface area contributed by atoms with Gasteiger partial charge < -0.3 is 9.84 Å². The topological polar surface area (TPSA) is 46.5 Å². The molecule has 0 saturated heterocycles. The zero-order valence-electron chi connectivity index (χ0n) is 8.32. The number of halogens is 2. The Bertz CT molecular complexity index is 402. The van der Waals surface area contributed by atoms with Gasteiger partial charge in [0.2, 0.25) is 0 Å². The number of ether oxygens (including phenoxy) is 1. The van der Waals surface area contributed by atoms with Crippen LogP contribution < -0.4 is 4.74 Å². The zero-order valence-corrected chi connectivity index (χ0v) is 8.32. The number of aliphatic carboxylic acids is 1. The molecule has 86 valence electrons. The van der Waals surface area contributed by atoms with Gasteiger partial charge in [0.25, 0.3) is 0 Å². The highest BCUT2D eigenvalue weighted by molar-refractivity contribution is 5.85. The molecule has 1 N–H and O–H groups in total. The second-order valence-corrected chi connectivity index (χ2v) is 2.89. The van der Waals surface area contributed by atoms with Crippen molar-refractivity contribution in [2.45, 2.75) is 0 Å². The average Bonchev–Trinajstić information content (AvgIpc) is 2.25. The molecule has 16 heavy (non-hydrogen) atoms. The lowest BCUT2D eigenvalue weighted by Crippen LogP contribution is -2.00. The summed E-state index contributed by atoms with van der Waals surface area (Å²) in [5, 5.41) is 8.43. The van der Waals surface area contributed by atoms with Gasteiger partial charge in [0.1, 0.15) is 24.8 Å². The van der Waals surface area contributed by atoms with Gasteiger partial charge in [-0.1, -0.05) is 0 Å². The normalized spacial score (nSPS) is 10.6. The third kappa shape index (κ3) is 3.68. The minimum Gasteiger partial charge on any atom is -0.490 e. The van der Waals surface area contributed by atoms with Crippen molar-refractivity contribution in [3.8, 4) is 5.75 Å². The first-order valence-electron chi connectivity index (χ1n) is 4.53. The number of benzene rings is 1. The van der Waals surface area contributed by atoms with E-state index in [1.54, 1.807) is 0 Å².